The molecule has 0 saturated carbocycles. The van der Waals surface area contributed by atoms with Gasteiger partial charge in [-0.2, -0.15) is 0 Å². The molecule has 1 fully saturated rings. The third-order valence-corrected chi connectivity index (χ3v) is 11.6. The predicted molar refractivity (Wildman–Crippen MR) is 284 cm³/mol. The van der Waals surface area contributed by atoms with Gasteiger partial charge in [0.2, 0.25) is 0 Å². The highest BCUT2D eigenvalue weighted by atomic mass is 16.7. The van der Waals surface area contributed by atoms with Crippen molar-refractivity contribution in [1.29, 1.82) is 0 Å². The highest BCUT2D eigenvalue weighted by Crippen LogP contribution is 2.26. The number of aliphatic carboxylic acids is 1. The number of aliphatic hydroxyl groups excluding tert-OH is 2. The molecule has 0 amide bonds. The minimum atomic E-state index is -1.92. The van der Waals surface area contributed by atoms with Crippen LogP contribution in [-0.4, -0.2) is 89.2 Å². The van der Waals surface area contributed by atoms with Gasteiger partial charge < -0.3 is 39.0 Å². The van der Waals surface area contributed by atoms with Gasteiger partial charge in [-0.25, -0.2) is 4.79 Å². The van der Waals surface area contributed by atoms with E-state index >= 15 is 0 Å². The molecule has 0 aromatic heterocycles. The molecule has 1 heterocycles. The Morgan fingerprint density at radius 1 is 0.479 bits per heavy atom. The van der Waals surface area contributed by atoms with Crippen molar-refractivity contribution >= 4 is 23.9 Å². The number of carboxylic acid groups (broad SMARTS) is 1. The minimum Gasteiger partial charge on any atom is -0.479 e. The molecule has 0 aliphatic carbocycles. The number of carbonyl (C=O) groups excluding carboxylic acids is 3. The SMILES string of the molecule is CC/C=C\C/C=C\C/C=C\C/C=C\C/C=C\C/C=C\CCC(=O)OCC(COC1OC(C(=O)O)C(O)C(O)C1OC(=O)CCCCCCC/C=C\C/C=C\CCC)OC(=O)CCCCCCCCCCC. The summed E-state index contributed by atoms with van der Waals surface area (Å²) >= 11 is 0. The summed E-state index contributed by atoms with van der Waals surface area (Å²) in [4.78, 5) is 50.8. The molecule has 6 unspecified atom stereocenters. The summed E-state index contributed by atoms with van der Waals surface area (Å²) < 4.78 is 28.2. The molecule has 0 radical (unpaired) electrons. The molecule has 1 aliphatic heterocycles. The zero-order valence-electron chi connectivity index (χ0n) is 43.9. The van der Waals surface area contributed by atoms with E-state index in [2.05, 4.69) is 106 Å². The van der Waals surface area contributed by atoms with Crippen molar-refractivity contribution in [3.63, 3.8) is 0 Å². The molecule has 0 bridgehead atoms. The summed E-state index contributed by atoms with van der Waals surface area (Å²) in [6.45, 7) is 5.68. The fourth-order valence-corrected chi connectivity index (χ4v) is 7.49. The van der Waals surface area contributed by atoms with Gasteiger partial charge in [0.25, 0.3) is 0 Å². The van der Waals surface area contributed by atoms with E-state index < -0.39 is 67.3 Å². The average Bonchev–Trinajstić information content (AvgIpc) is 3.35. The summed E-state index contributed by atoms with van der Waals surface area (Å²) in [5.74, 6) is -3.26. The van der Waals surface area contributed by atoms with Crippen LogP contribution in [0.4, 0.5) is 0 Å². The van der Waals surface area contributed by atoms with E-state index in [0.29, 0.717) is 19.3 Å². The second kappa shape index (κ2) is 46.7. The number of hydrogen-bond donors (Lipinski definition) is 3. The van der Waals surface area contributed by atoms with Crippen LogP contribution in [0.5, 0.6) is 0 Å². The molecule has 3 N–H and O–H groups in total. The summed E-state index contributed by atoms with van der Waals surface area (Å²) in [5, 5.41) is 31.3. The van der Waals surface area contributed by atoms with E-state index in [-0.39, 0.29) is 25.9 Å². The van der Waals surface area contributed by atoms with Crippen LogP contribution in [-0.2, 0) is 42.9 Å². The number of unbranched alkanes of at least 4 members (excludes halogenated alkanes) is 14. The zero-order valence-corrected chi connectivity index (χ0v) is 43.9. The first-order valence-corrected chi connectivity index (χ1v) is 27.2. The van der Waals surface area contributed by atoms with E-state index in [1.807, 2.05) is 12.2 Å². The molecule has 12 heteroatoms. The van der Waals surface area contributed by atoms with Crippen molar-refractivity contribution in [2.45, 2.75) is 237 Å². The topological polar surface area (TPSA) is 175 Å². The van der Waals surface area contributed by atoms with Gasteiger partial charge in [0.05, 0.1) is 6.61 Å². The Bertz CT molecular complexity index is 1610. The summed E-state index contributed by atoms with van der Waals surface area (Å²) in [7, 11) is 0. The molecular weight excluding hydrogens is 901 g/mol. The van der Waals surface area contributed by atoms with Crippen LogP contribution in [0.3, 0.4) is 0 Å². The largest absolute Gasteiger partial charge is 0.479 e. The average molecular weight is 995 g/mol. The van der Waals surface area contributed by atoms with Gasteiger partial charge in [-0.15, -0.1) is 0 Å². The van der Waals surface area contributed by atoms with Crippen molar-refractivity contribution in [2.24, 2.45) is 0 Å². The fourth-order valence-electron chi connectivity index (χ4n) is 7.49. The van der Waals surface area contributed by atoms with Crippen LogP contribution >= 0.6 is 0 Å². The van der Waals surface area contributed by atoms with Crippen molar-refractivity contribution in [1.82, 2.24) is 0 Å². The van der Waals surface area contributed by atoms with E-state index in [1.165, 1.54) is 32.1 Å². The molecule has 6 atom stereocenters. The van der Waals surface area contributed by atoms with Gasteiger partial charge in [-0.1, -0.05) is 195 Å². The molecule has 1 saturated heterocycles. The van der Waals surface area contributed by atoms with Crippen LogP contribution in [0.2, 0.25) is 0 Å². The number of allylic oxidation sites excluding steroid dienone is 16. The summed E-state index contributed by atoms with van der Waals surface area (Å²) in [5.41, 5.74) is 0. The maximum absolute atomic E-state index is 13.0. The van der Waals surface area contributed by atoms with Gasteiger partial charge in [0.1, 0.15) is 18.8 Å². The monoisotopic (exact) mass is 995 g/mol. The van der Waals surface area contributed by atoms with Crippen LogP contribution in [0, 0.1) is 0 Å². The molecule has 12 nitrogen and oxygen atoms in total. The van der Waals surface area contributed by atoms with E-state index in [1.54, 1.807) is 0 Å². The third kappa shape index (κ3) is 37.1. The van der Waals surface area contributed by atoms with E-state index in [9.17, 15) is 34.5 Å². The van der Waals surface area contributed by atoms with Crippen molar-refractivity contribution in [3.8, 4) is 0 Å². The Hall–Kier alpha value is -4.36. The maximum Gasteiger partial charge on any atom is 0.335 e. The van der Waals surface area contributed by atoms with Gasteiger partial charge in [-0.05, 0) is 83.5 Å². The van der Waals surface area contributed by atoms with Crippen LogP contribution in [0.1, 0.15) is 201 Å². The number of rotatable bonds is 44. The molecule has 402 valence electrons. The quantitative estimate of drug-likeness (QED) is 0.0228. The Morgan fingerprint density at radius 3 is 1.46 bits per heavy atom. The van der Waals surface area contributed by atoms with Gasteiger partial charge in [0, 0.05) is 19.3 Å². The van der Waals surface area contributed by atoms with Crippen molar-refractivity contribution in [3.05, 3.63) is 97.2 Å². The highest BCUT2D eigenvalue weighted by Gasteiger charge is 2.50. The Balaban J connectivity index is 2.74. The van der Waals surface area contributed by atoms with Gasteiger partial charge in [-0.3, -0.25) is 14.4 Å². The van der Waals surface area contributed by atoms with E-state index in [0.717, 1.165) is 109 Å². The second-order valence-electron chi connectivity index (χ2n) is 18.1. The van der Waals surface area contributed by atoms with Crippen molar-refractivity contribution in [2.75, 3.05) is 13.2 Å². The fraction of sp³-hybridized carbons (Fsp3) is 0.661. The molecule has 0 spiro atoms. The zero-order chi connectivity index (χ0) is 51.8. The number of ether oxygens (including phenoxy) is 5. The lowest BCUT2D eigenvalue weighted by Crippen LogP contribution is -2.61. The van der Waals surface area contributed by atoms with Crippen LogP contribution < -0.4 is 0 Å². The maximum atomic E-state index is 13.0. The second-order valence-corrected chi connectivity index (χ2v) is 18.1. The number of aliphatic hydroxyl groups is 2. The normalized spacial score (nSPS) is 19.3. The van der Waals surface area contributed by atoms with Gasteiger partial charge >= 0.3 is 23.9 Å². The lowest BCUT2D eigenvalue weighted by atomic mass is 9.98. The smallest absolute Gasteiger partial charge is 0.335 e. The summed E-state index contributed by atoms with van der Waals surface area (Å²) in [6.07, 6.45) is 48.4. The molecule has 0 aromatic carbocycles. The first-order chi connectivity index (χ1) is 34.6. The third-order valence-electron chi connectivity index (χ3n) is 11.6. The molecular formula is C59H94O12. The molecule has 0 aromatic rings. The number of esters is 3. The molecule has 71 heavy (non-hydrogen) atoms. The van der Waals surface area contributed by atoms with Gasteiger partial charge in [0.15, 0.2) is 24.6 Å². The standard InChI is InChI=1S/C59H94O12/c1-4-7-10-13-16-19-21-23-24-25-26-27-28-30-31-34-36-39-42-45-51(60)67-48-50(69-52(61)46-43-40-37-33-18-15-12-9-6-3)49-68-59-57(55(64)54(63)56(71-59)58(65)66)70-53(62)47-44-41-38-35-32-29-22-20-17-14-11-8-5-2/h7,10-11,14,16,19-20,22-24,26-27,30-31,36,39,50,54-57,59,63-64H,4-6,8-9,12-13,15,17-18,21,25,28-29,32-35,37-38,40-49H2,1-3H3,(H,65,66)/b10-7-,14-11-,19-16-,22-20-,24-23-,27-26-,31-30-,39-36-. The summed E-state index contributed by atoms with van der Waals surface area (Å²) in [6, 6.07) is 0. The van der Waals surface area contributed by atoms with Crippen molar-refractivity contribution < 1.29 is 58.2 Å². The predicted octanol–water partition coefficient (Wildman–Crippen LogP) is 13.3. The van der Waals surface area contributed by atoms with Crippen LogP contribution in [0.25, 0.3) is 0 Å². The Morgan fingerprint density at radius 2 is 0.944 bits per heavy atom. The number of hydrogen-bond acceptors (Lipinski definition) is 11. The Labute approximate surface area is 428 Å². The number of carboxylic acids is 1. The minimum absolute atomic E-state index is 0.0337. The number of carbonyl (C=O) groups is 4. The van der Waals surface area contributed by atoms with E-state index in [4.69, 9.17) is 23.7 Å². The molecule has 1 aliphatic rings. The Kier molecular flexibility index (Phi) is 42.5. The lowest BCUT2D eigenvalue weighted by Gasteiger charge is -2.40. The molecule has 1 rings (SSSR count). The van der Waals surface area contributed by atoms with Crippen LogP contribution in [0.15, 0.2) is 97.2 Å². The highest BCUT2D eigenvalue weighted by molar-refractivity contribution is 5.74. The lowest BCUT2D eigenvalue weighted by molar-refractivity contribution is -0.301. The first-order valence-electron chi connectivity index (χ1n) is 27.2. The first kappa shape index (κ1) is 64.7.